The molecule has 7 nitrogen and oxygen atoms in total. The molecule has 0 spiro atoms. The molecular weight excluding hydrogens is 387 g/mol. The summed E-state index contributed by atoms with van der Waals surface area (Å²) in [7, 11) is 0. The lowest BCUT2D eigenvalue weighted by molar-refractivity contribution is -0.137. The van der Waals surface area contributed by atoms with E-state index in [0.717, 1.165) is 18.2 Å². The molecule has 0 aliphatic heterocycles. The number of carbonyl (C=O) groups excluding carboxylic acids is 1. The molecule has 0 aliphatic carbocycles. The molecule has 0 bridgehead atoms. The third-order valence-corrected chi connectivity index (χ3v) is 4.16. The highest BCUT2D eigenvalue weighted by molar-refractivity contribution is 5.92. The monoisotopic (exact) mass is 403 g/mol. The molecule has 1 atom stereocenters. The van der Waals surface area contributed by atoms with Crippen molar-refractivity contribution in [1.29, 1.82) is 0 Å². The predicted molar refractivity (Wildman–Crippen MR) is 97.9 cm³/mol. The fourth-order valence-electron chi connectivity index (χ4n) is 2.79. The van der Waals surface area contributed by atoms with Gasteiger partial charge in [-0.2, -0.15) is 13.2 Å². The lowest BCUT2D eigenvalue weighted by Crippen LogP contribution is -2.29. The van der Waals surface area contributed by atoms with Crippen molar-refractivity contribution in [3.05, 3.63) is 75.5 Å². The maximum absolute atomic E-state index is 12.8. The van der Waals surface area contributed by atoms with Gasteiger partial charge in [-0.3, -0.25) is 9.59 Å². The van der Waals surface area contributed by atoms with Crippen LogP contribution >= 0.6 is 0 Å². The second-order valence-corrected chi connectivity index (χ2v) is 6.32. The van der Waals surface area contributed by atoms with E-state index in [2.05, 4.69) is 25.3 Å². The number of aromatic amines is 1. The third kappa shape index (κ3) is 4.65. The average molecular weight is 403 g/mol. The number of nitrogens with one attached hydrogen (secondary N) is 2. The number of hydrogen-bond acceptors (Lipinski definition) is 5. The Morgan fingerprint density at radius 1 is 1.17 bits per heavy atom. The summed E-state index contributed by atoms with van der Waals surface area (Å²) in [5, 5.41) is 2.64. The summed E-state index contributed by atoms with van der Waals surface area (Å²) in [5.74, 6) is -0.479. The normalized spacial score (nSPS) is 12.4. The van der Waals surface area contributed by atoms with Gasteiger partial charge in [0, 0.05) is 18.5 Å². The number of H-pyrrole nitrogens is 1. The standard InChI is InChI=1S/C19H16F3N5O2/c1-10-8-12(19(20,21)22)4-5-13(10)11(2)25-18(29)14-9-15(28)27-17(26-14)16-23-6-3-7-24-16/h3-9,11H,1-2H3,(H,25,29)(H,26,27,28). The van der Waals surface area contributed by atoms with Gasteiger partial charge in [-0.15, -0.1) is 0 Å². The van der Waals surface area contributed by atoms with Crippen LogP contribution in [0.5, 0.6) is 0 Å². The summed E-state index contributed by atoms with van der Waals surface area (Å²) < 4.78 is 38.5. The van der Waals surface area contributed by atoms with Crippen molar-refractivity contribution in [2.45, 2.75) is 26.1 Å². The minimum absolute atomic E-state index is 0.0293. The summed E-state index contributed by atoms with van der Waals surface area (Å²) in [5.41, 5.74) is -0.590. The van der Waals surface area contributed by atoms with Crippen LogP contribution < -0.4 is 10.9 Å². The minimum atomic E-state index is -4.44. The van der Waals surface area contributed by atoms with E-state index < -0.39 is 29.2 Å². The number of alkyl halides is 3. The number of nitrogens with zero attached hydrogens (tertiary/aromatic N) is 3. The highest BCUT2D eigenvalue weighted by atomic mass is 19.4. The van der Waals surface area contributed by atoms with Gasteiger partial charge in [-0.25, -0.2) is 15.0 Å². The lowest BCUT2D eigenvalue weighted by Gasteiger charge is -2.18. The van der Waals surface area contributed by atoms with E-state index in [-0.39, 0.29) is 17.3 Å². The van der Waals surface area contributed by atoms with E-state index in [4.69, 9.17) is 0 Å². The third-order valence-electron chi connectivity index (χ3n) is 4.16. The van der Waals surface area contributed by atoms with E-state index in [1.54, 1.807) is 13.0 Å². The second kappa shape index (κ2) is 7.82. The summed E-state index contributed by atoms with van der Waals surface area (Å²) in [6, 6.07) is 5.30. The van der Waals surface area contributed by atoms with E-state index >= 15 is 0 Å². The van der Waals surface area contributed by atoms with E-state index in [9.17, 15) is 22.8 Å². The van der Waals surface area contributed by atoms with Crippen LogP contribution in [0.25, 0.3) is 11.6 Å². The minimum Gasteiger partial charge on any atom is -0.344 e. The van der Waals surface area contributed by atoms with Crippen LogP contribution in [0.2, 0.25) is 0 Å². The van der Waals surface area contributed by atoms with Gasteiger partial charge in [0.1, 0.15) is 5.69 Å². The first-order valence-corrected chi connectivity index (χ1v) is 8.52. The Morgan fingerprint density at radius 3 is 2.48 bits per heavy atom. The fraction of sp³-hybridized carbons (Fsp3) is 0.211. The Bertz CT molecular complexity index is 1100. The number of rotatable bonds is 4. The first-order chi connectivity index (χ1) is 13.6. The highest BCUT2D eigenvalue weighted by Crippen LogP contribution is 2.31. The Labute approximate surface area is 163 Å². The van der Waals surface area contributed by atoms with E-state index in [1.165, 1.54) is 25.4 Å². The van der Waals surface area contributed by atoms with Crippen molar-refractivity contribution in [2.75, 3.05) is 0 Å². The largest absolute Gasteiger partial charge is 0.416 e. The van der Waals surface area contributed by atoms with Crippen LogP contribution in [-0.2, 0) is 6.18 Å². The van der Waals surface area contributed by atoms with Crippen LogP contribution in [0.4, 0.5) is 13.2 Å². The van der Waals surface area contributed by atoms with Gasteiger partial charge in [0.25, 0.3) is 11.5 Å². The molecule has 0 fully saturated rings. The van der Waals surface area contributed by atoms with Crippen molar-refractivity contribution in [1.82, 2.24) is 25.3 Å². The number of aromatic nitrogens is 4. The highest BCUT2D eigenvalue weighted by Gasteiger charge is 2.31. The molecule has 0 saturated carbocycles. The first-order valence-electron chi connectivity index (χ1n) is 8.52. The molecule has 150 valence electrons. The zero-order valence-electron chi connectivity index (χ0n) is 15.4. The van der Waals surface area contributed by atoms with Crippen LogP contribution in [0.15, 0.2) is 47.5 Å². The van der Waals surface area contributed by atoms with Gasteiger partial charge in [0.15, 0.2) is 11.6 Å². The molecule has 2 heterocycles. The average Bonchev–Trinajstić information content (AvgIpc) is 2.67. The number of benzene rings is 1. The molecule has 3 rings (SSSR count). The van der Waals surface area contributed by atoms with Gasteiger partial charge in [-0.1, -0.05) is 6.07 Å². The SMILES string of the molecule is Cc1cc(C(F)(F)F)ccc1C(C)NC(=O)c1cc(=O)[nH]c(-c2ncccn2)n1. The molecule has 2 N–H and O–H groups in total. The zero-order chi connectivity index (χ0) is 21.2. The maximum Gasteiger partial charge on any atom is 0.416 e. The number of aryl methyl sites for hydroxylation is 1. The molecule has 29 heavy (non-hydrogen) atoms. The molecule has 2 aromatic heterocycles. The number of hydrogen-bond donors (Lipinski definition) is 2. The van der Waals surface area contributed by atoms with E-state index in [0.29, 0.717) is 11.1 Å². The summed E-state index contributed by atoms with van der Waals surface area (Å²) in [6.07, 6.45) is -1.52. The molecule has 1 amide bonds. The molecule has 10 heteroatoms. The summed E-state index contributed by atoms with van der Waals surface area (Å²) >= 11 is 0. The molecule has 0 aliphatic rings. The number of amides is 1. The maximum atomic E-state index is 12.8. The summed E-state index contributed by atoms with van der Waals surface area (Å²) in [6.45, 7) is 3.16. The number of carbonyl (C=O) groups is 1. The van der Waals surface area contributed by atoms with Crippen LogP contribution in [0, 0.1) is 6.92 Å². The molecule has 0 saturated heterocycles. The van der Waals surface area contributed by atoms with Crippen molar-refractivity contribution < 1.29 is 18.0 Å². The fourth-order valence-corrected chi connectivity index (χ4v) is 2.79. The van der Waals surface area contributed by atoms with Crippen molar-refractivity contribution in [2.24, 2.45) is 0 Å². The Kier molecular flexibility index (Phi) is 5.44. The molecular formula is C19H16F3N5O2. The van der Waals surface area contributed by atoms with Gasteiger partial charge < -0.3 is 10.3 Å². The Balaban J connectivity index is 1.84. The van der Waals surface area contributed by atoms with Crippen LogP contribution in [0.3, 0.4) is 0 Å². The summed E-state index contributed by atoms with van der Waals surface area (Å²) in [4.78, 5) is 38.9. The molecule has 1 aromatic carbocycles. The van der Waals surface area contributed by atoms with Crippen molar-refractivity contribution >= 4 is 5.91 Å². The van der Waals surface area contributed by atoms with Crippen LogP contribution in [-0.4, -0.2) is 25.8 Å². The van der Waals surface area contributed by atoms with Gasteiger partial charge in [-0.05, 0) is 43.2 Å². The van der Waals surface area contributed by atoms with Gasteiger partial charge in [0.05, 0.1) is 11.6 Å². The van der Waals surface area contributed by atoms with Gasteiger partial charge >= 0.3 is 6.18 Å². The smallest absolute Gasteiger partial charge is 0.344 e. The Hall–Kier alpha value is -3.56. The van der Waals surface area contributed by atoms with Gasteiger partial charge in [0.2, 0.25) is 0 Å². The topological polar surface area (TPSA) is 101 Å². The molecule has 0 radical (unpaired) electrons. The Morgan fingerprint density at radius 2 is 1.86 bits per heavy atom. The van der Waals surface area contributed by atoms with Crippen LogP contribution in [0.1, 0.15) is 40.1 Å². The van der Waals surface area contributed by atoms with Crippen molar-refractivity contribution in [3.63, 3.8) is 0 Å². The first kappa shape index (κ1) is 20.2. The zero-order valence-corrected chi connectivity index (χ0v) is 15.4. The van der Waals surface area contributed by atoms with Crippen molar-refractivity contribution in [3.8, 4) is 11.6 Å². The second-order valence-electron chi connectivity index (χ2n) is 6.32. The molecule has 3 aromatic rings. The predicted octanol–water partition coefficient (Wildman–Crippen LogP) is 3.05. The lowest BCUT2D eigenvalue weighted by atomic mass is 9.99. The molecule has 1 unspecified atom stereocenters. The number of halogens is 3. The van der Waals surface area contributed by atoms with E-state index in [1.807, 2.05) is 0 Å². The quantitative estimate of drug-likeness (QED) is 0.697.